The molecule has 168 valence electrons. The number of methoxy groups -OCH3 is 1. The molecule has 1 saturated heterocycles. The highest BCUT2D eigenvalue weighted by Crippen LogP contribution is 2.33. The number of para-hydroxylation sites is 1. The number of rotatable bonds is 7. The minimum atomic E-state index is -0.655. The Bertz CT molecular complexity index is 1170. The van der Waals surface area contributed by atoms with Crippen molar-refractivity contribution in [3.05, 3.63) is 90.2 Å². The normalized spacial score (nSPS) is 16.8. The molecule has 0 radical (unpaired) electrons. The summed E-state index contributed by atoms with van der Waals surface area (Å²) in [7, 11) is 1.59. The second kappa shape index (κ2) is 10.3. The lowest BCUT2D eigenvalue weighted by Crippen LogP contribution is -2.33. The number of nitrogens with zero attached hydrogens (tertiary/aromatic N) is 2. The first-order valence-corrected chi connectivity index (χ1v) is 11.2. The maximum atomic E-state index is 13.9. The van der Waals surface area contributed by atoms with E-state index < -0.39 is 17.0 Å². The zero-order chi connectivity index (χ0) is 23.2. The molecular formula is C25H22FN3O3S. The molecule has 6 nitrogen and oxygen atoms in total. The number of aliphatic imine (C=N–C) groups is 1. The van der Waals surface area contributed by atoms with Crippen molar-refractivity contribution in [1.29, 1.82) is 0 Å². The van der Waals surface area contributed by atoms with Crippen molar-refractivity contribution in [2.45, 2.75) is 18.2 Å². The van der Waals surface area contributed by atoms with Gasteiger partial charge in [-0.1, -0.05) is 54.2 Å². The largest absolute Gasteiger partial charge is 0.497 e. The van der Waals surface area contributed by atoms with E-state index in [1.54, 1.807) is 48.4 Å². The fourth-order valence-electron chi connectivity index (χ4n) is 3.34. The first-order chi connectivity index (χ1) is 16.0. The maximum Gasteiger partial charge on any atom is 0.242 e. The highest BCUT2D eigenvalue weighted by atomic mass is 32.2. The van der Waals surface area contributed by atoms with Crippen LogP contribution in [0.2, 0.25) is 0 Å². The van der Waals surface area contributed by atoms with Gasteiger partial charge in [0.2, 0.25) is 11.8 Å². The zero-order valence-electron chi connectivity index (χ0n) is 17.9. The van der Waals surface area contributed by atoms with Gasteiger partial charge in [-0.2, -0.15) is 0 Å². The second-order valence-corrected chi connectivity index (χ2v) is 8.51. The Morgan fingerprint density at radius 3 is 2.45 bits per heavy atom. The number of carbonyl (C=O) groups excluding carboxylic acids is 2. The predicted octanol–water partition coefficient (Wildman–Crippen LogP) is 4.99. The summed E-state index contributed by atoms with van der Waals surface area (Å²) in [6.07, 6.45) is -0.0925. The van der Waals surface area contributed by atoms with Gasteiger partial charge in [-0.05, 0) is 42.0 Å². The van der Waals surface area contributed by atoms with Crippen molar-refractivity contribution < 1.29 is 18.7 Å². The molecule has 33 heavy (non-hydrogen) atoms. The number of carbonyl (C=O) groups is 2. The number of amides is 2. The number of ether oxygens (including phenoxy) is 1. The van der Waals surface area contributed by atoms with Gasteiger partial charge in [0.25, 0.3) is 0 Å². The van der Waals surface area contributed by atoms with E-state index in [4.69, 9.17) is 4.74 Å². The molecule has 3 aromatic rings. The summed E-state index contributed by atoms with van der Waals surface area (Å²) in [5.74, 6) is -0.460. The van der Waals surface area contributed by atoms with Crippen molar-refractivity contribution in [3.63, 3.8) is 0 Å². The first-order valence-electron chi connectivity index (χ1n) is 10.3. The molecule has 4 rings (SSSR count). The molecule has 0 aromatic heterocycles. The van der Waals surface area contributed by atoms with Gasteiger partial charge < -0.3 is 10.1 Å². The number of thioether (sulfide) groups is 1. The summed E-state index contributed by atoms with van der Waals surface area (Å²) in [4.78, 5) is 32.0. The van der Waals surface area contributed by atoms with Crippen LogP contribution in [0.15, 0.2) is 83.9 Å². The fraction of sp³-hybridized carbons (Fsp3) is 0.160. The van der Waals surface area contributed by atoms with Crippen LogP contribution in [0.3, 0.4) is 0 Å². The molecule has 1 fully saturated rings. The van der Waals surface area contributed by atoms with Crippen molar-refractivity contribution in [2.24, 2.45) is 4.99 Å². The van der Waals surface area contributed by atoms with Crippen LogP contribution in [-0.2, 0) is 16.1 Å². The predicted molar refractivity (Wildman–Crippen MR) is 128 cm³/mol. The average molecular weight is 464 g/mol. The Labute approximate surface area is 195 Å². The Morgan fingerprint density at radius 1 is 1.06 bits per heavy atom. The van der Waals surface area contributed by atoms with Crippen LogP contribution in [0.5, 0.6) is 5.75 Å². The molecule has 2 amide bonds. The first kappa shape index (κ1) is 22.5. The van der Waals surface area contributed by atoms with E-state index >= 15 is 0 Å². The van der Waals surface area contributed by atoms with Crippen LogP contribution in [0.25, 0.3) is 0 Å². The van der Waals surface area contributed by atoms with E-state index in [0.717, 1.165) is 5.56 Å². The van der Waals surface area contributed by atoms with Gasteiger partial charge in [0.05, 0.1) is 25.0 Å². The number of halogens is 1. The van der Waals surface area contributed by atoms with Gasteiger partial charge in [0.15, 0.2) is 5.17 Å². The maximum absolute atomic E-state index is 13.9. The van der Waals surface area contributed by atoms with Crippen LogP contribution in [-0.4, -0.2) is 34.2 Å². The molecule has 1 aliphatic rings. The highest BCUT2D eigenvalue weighted by Gasteiger charge is 2.39. The Hall–Kier alpha value is -3.65. The molecule has 1 N–H and O–H groups in total. The molecule has 0 bridgehead atoms. The summed E-state index contributed by atoms with van der Waals surface area (Å²) in [5, 5.41) is 2.40. The highest BCUT2D eigenvalue weighted by molar-refractivity contribution is 8.15. The molecule has 3 aromatic carbocycles. The zero-order valence-corrected chi connectivity index (χ0v) is 18.7. The van der Waals surface area contributed by atoms with Crippen molar-refractivity contribution in [3.8, 4) is 5.75 Å². The molecule has 1 aliphatic heterocycles. The number of nitrogens with one attached hydrogen (secondary N) is 1. The van der Waals surface area contributed by atoms with E-state index in [9.17, 15) is 14.0 Å². The van der Waals surface area contributed by atoms with Gasteiger partial charge >= 0.3 is 0 Å². The van der Waals surface area contributed by atoms with E-state index in [1.165, 1.54) is 23.9 Å². The summed E-state index contributed by atoms with van der Waals surface area (Å²) in [5.41, 5.74) is 1.71. The molecular weight excluding hydrogens is 441 g/mol. The molecule has 8 heteroatoms. The Kier molecular flexibility index (Phi) is 7.04. The number of amidine groups is 1. The molecule has 0 aliphatic carbocycles. The van der Waals surface area contributed by atoms with E-state index in [0.29, 0.717) is 23.1 Å². The van der Waals surface area contributed by atoms with Gasteiger partial charge in [0.1, 0.15) is 16.8 Å². The lowest BCUT2D eigenvalue weighted by molar-refractivity contribution is -0.128. The van der Waals surface area contributed by atoms with Gasteiger partial charge in [0, 0.05) is 6.42 Å². The molecule has 1 atom stereocenters. The van der Waals surface area contributed by atoms with Crippen LogP contribution >= 0.6 is 11.8 Å². The summed E-state index contributed by atoms with van der Waals surface area (Å²) < 4.78 is 19.1. The van der Waals surface area contributed by atoms with Crippen LogP contribution in [0, 0.1) is 5.82 Å². The quantitative estimate of drug-likeness (QED) is 0.536. The fourth-order valence-corrected chi connectivity index (χ4v) is 4.49. The number of anilines is 1. The van der Waals surface area contributed by atoms with E-state index in [2.05, 4.69) is 10.3 Å². The SMILES string of the molecule is COc1ccc(N=C2S[C@@H](CC(=O)Nc3ccccc3F)C(=O)N2Cc2ccccc2)cc1. The smallest absolute Gasteiger partial charge is 0.242 e. The third kappa shape index (κ3) is 5.59. The van der Waals surface area contributed by atoms with Gasteiger partial charge in [-0.15, -0.1) is 0 Å². The number of benzene rings is 3. The van der Waals surface area contributed by atoms with E-state index in [-0.39, 0.29) is 18.0 Å². The lowest BCUT2D eigenvalue weighted by Gasteiger charge is -2.16. The van der Waals surface area contributed by atoms with Gasteiger partial charge in [-0.25, -0.2) is 9.38 Å². The second-order valence-electron chi connectivity index (χ2n) is 7.34. The van der Waals surface area contributed by atoms with Crippen LogP contribution in [0.4, 0.5) is 15.8 Å². The number of hydrogen-bond acceptors (Lipinski definition) is 5. The van der Waals surface area contributed by atoms with Crippen molar-refractivity contribution in [1.82, 2.24) is 4.90 Å². The minimum Gasteiger partial charge on any atom is -0.497 e. The van der Waals surface area contributed by atoms with Gasteiger partial charge in [-0.3, -0.25) is 14.5 Å². The third-order valence-corrected chi connectivity index (χ3v) is 6.19. The molecule has 0 unspecified atom stereocenters. The summed E-state index contributed by atoms with van der Waals surface area (Å²) in [6, 6.07) is 22.7. The van der Waals surface area contributed by atoms with Crippen molar-refractivity contribution >= 4 is 40.1 Å². The topological polar surface area (TPSA) is 71.0 Å². The standard InChI is InChI=1S/C25H22FN3O3S/c1-32-19-13-11-18(12-14-19)27-25-29(16-17-7-3-2-4-8-17)24(31)22(33-25)15-23(30)28-21-10-6-5-9-20(21)26/h2-14,22H,15-16H2,1H3,(H,28,30)/t22-/m0/s1. The summed E-state index contributed by atoms with van der Waals surface area (Å²) >= 11 is 1.23. The van der Waals surface area contributed by atoms with E-state index in [1.807, 2.05) is 30.3 Å². The Morgan fingerprint density at radius 2 is 1.76 bits per heavy atom. The average Bonchev–Trinajstić information content (AvgIpc) is 3.10. The third-order valence-electron chi connectivity index (χ3n) is 5.02. The van der Waals surface area contributed by atoms with Crippen molar-refractivity contribution in [2.75, 3.05) is 12.4 Å². The number of hydrogen-bond donors (Lipinski definition) is 1. The molecule has 0 saturated carbocycles. The Balaban J connectivity index is 1.54. The minimum absolute atomic E-state index is 0.0891. The summed E-state index contributed by atoms with van der Waals surface area (Å²) in [6.45, 7) is 0.340. The molecule has 0 spiro atoms. The molecule has 1 heterocycles. The monoisotopic (exact) mass is 463 g/mol. The van der Waals surface area contributed by atoms with Crippen LogP contribution < -0.4 is 10.1 Å². The lowest BCUT2D eigenvalue weighted by atomic mass is 10.2. The van der Waals surface area contributed by atoms with Crippen LogP contribution in [0.1, 0.15) is 12.0 Å².